The van der Waals surface area contributed by atoms with E-state index in [9.17, 15) is 0 Å². The molecule has 7 nitrogen and oxygen atoms in total. The number of anilines is 1. The summed E-state index contributed by atoms with van der Waals surface area (Å²) < 4.78 is 16.7. The first kappa shape index (κ1) is 21.7. The molecule has 162 valence electrons. The molecule has 0 aliphatic carbocycles. The number of hydrogen-bond acceptors (Lipinski definition) is 5. The molecule has 0 atom stereocenters. The topological polar surface area (TPSA) is 58.6 Å². The molecule has 0 saturated carbocycles. The Morgan fingerprint density at radius 3 is 2.72 bits per heavy atom. The number of nitrogens with one attached hydrogen (secondary N) is 1. The van der Waals surface area contributed by atoms with Gasteiger partial charge in [-0.15, -0.1) is 0 Å². The van der Waals surface area contributed by atoms with Gasteiger partial charge in [-0.25, -0.2) is 0 Å². The first-order valence-electron chi connectivity index (χ1n) is 10.9. The minimum atomic E-state index is 0.366. The second-order valence-corrected chi connectivity index (χ2v) is 7.45. The fraction of sp³-hybridized carbons (Fsp3) is 0.682. The van der Waals surface area contributed by atoms with E-state index in [4.69, 9.17) is 19.2 Å². The van der Waals surface area contributed by atoms with Crippen LogP contribution in [0.15, 0.2) is 29.3 Å². The van der Waals surface area contributed by atoms with Crippen molar-refractivity contribution in [2.75, 3.05) is 71.1 Å². The Morgan fingerprint density at radius 1 is 1.21 bits per heavy atom. The van der Waals surface area contributed by atoms with Gasteiger partial charge in [0.25, 0.3) is 0 Å². The van der Waals surface area contributed by atoms with Gasteiger partial charge in [0.15, 0.2) is 5.96 Å². The summed E-state index contributed by atoms with van der Waals surface area (Å²) >= 11 is 0. The van der Waals surface area contributed by atoms with Gasteiger partial charge >= 0.3 is 0 Å². The number of methoxy groups -OCH3 is 1. The van der Waals surface area contributed by atoms with E-state index in [1.54, 1.807) is 7.11 Å². The lowest BCUT2D eigenvalue weighted by molar-refractivity contribution is -0.0318. The Morgan fingerprint density at radius 2 is 2.00 bits per heavy atom. The first-order chi connectivity index (χ1) is 14.3. The van der Waals surface area contributed by atoms with Crippen LogP contribution in [0, 0.1) is 0 Å². The molecule has 2 aliphatic heterocycles. The summed E-state index contributed by atoms with van der Waals surface area (Å²) in [6.45, 7) is 10.1. The maximum absolute atomic E-state index is 5.95. The van der Waals surface area contributed by atoms with Crippen LogP contribution < -0.4 is 15.0 Å². The third-order valence-electron chi connectivity index (χ3n) is 5.42. The van der Waals surface area contributed by atoms with Crippen LogP contribution in [-0.2, 0) is 9.47 Å². The largest absolute Gasteiger partial charge is 0.497 e. The SMILES string of the molecule is CCNC(=NCCCOC1CCOCC1)N1CCN(c2cccc(OC)c2)CC1. The van der Waals surface area contributed by atoms with Crippen LogP contribution in [0.25, 0.3) is 0 Å². The van der Waals surface area contributed by atoms with Crippen LogP contribution in [0.4, 0.5) is 5.69 Å². The molecule has 0 bridgehead atoms. The standard InChI is InChI=1S/C22H36N4O3/c1-3-23-22(24-10-5-15-29-20-8-16-28-17-9-20)26-13-11-25(12-14-26)19-6-4-7-21(18-19)27-2/h4,6-7,18,20H,3,5,8-17H2,1-2H3,(H,23,24). The Bertz CT molecular complexity index is 626. The number of rotatable bonds is 8. The van der Waals surface area contributed by atoms with Crippen molar-refractivity contribution in [2.45, 2.75) is 32.3 Å². The summed E-state index contributed by atoms with van der Waals surface area (Å²) in [5.41, 5.74) is 1.22. The van der Waals surface area contributed by atoms with E-state index in [1.807, 2.05) is 6.07 Å². The Balaban J connectivity index is 1.43. The average Bonchev–Trinajstić information content (AvgIpc) is 2.79. The van der Waals surface area contributed by atoms with Gasteiger partial charge in [0.1, 0.15) is 5.75 Å². The van der Waals surface area contributed by atoms with Gasteiger partial charge in [-0.2, -0.15) is 0 Å². The summed E-state index contributed by atoms with van der Waals surface area (Å²) in [7, 11) is 1.71. The molecule has 2 fully saturated rings. The number of ether oxygens (including phenoxy) is 3. The molecule has 2 heterocycles. The molecule has 1 aromatic rings. The number of aliphatic imine (C=N–C) groups is 1. The maximum atomic E-state index is 5.95. The van der Waals surface area contributed by atoms with E-state index in [-0.39, 0.29) is 0 Å². The lowest BCUT2D eigenvalue weighted by Gasteiger charge is -2.37. The van der Waals surface area contributed by atoms with Gasteiger partial charge in [-0.1, -0.05) is 6.07 Å². The fourth-order valence-corrected chi connectivity index (χ4v) is 3.75. The Hall–Kier alpha value is -1.99. The van der Waals surface area contributed by atoms with Crippen molar-refractivity contribution in [3.63, 3.8) is 0 Å². The zero-order valence-electron chi connectivity index (χ0n) is 17.9. The quantitative estimate of drug-likeness (QED) is 0.408. The number of guanidine groups is 1. The molecular formula is C22H36N4O3. The van der Waals surface area contributed by atoms with Crippen molar-refractivity contribution in [1.82, 2.24) is 10.2 Å². The average molecular weight is 405 g/mol. The van der Waals surface area contributed by atoms with Crippen LogP contribution in [0.2, 0.25) is 0 Å². The van der Waals surface area contributed by atoms with Crippen molar-refractivity contribution in [3.8, 4) is 5.75 Å². The number of benzene rings is 1. The second kappa shape index (κ2) is 11.9. The molecule has 2 aliphatic rings. The number of hydrogen-bond donors (Lipinski definition) is 1. The number of piperazine rings is 1. The Labute approximate surface area is 175 Å². The van der Waals surface area contributed by atoms with Crippen LogP contribution in [-0.4, -0.2) is 83.2 Å². The maximum Gasteiger partial charge on any atom is 0.194 e. The van der Waals surface area contributed by atoms with Gasteiger partial charge < -0.3 is 29.3 Å². The molecule has 1 aromatic carbocycles. The highest BCUT2D eigenvalue weighted by molar-refractivity contribution is 5.80. The predicted octanol–water partition coefficient (Wildman–Crippen LogP) is 2.37. The smallest absolute Gasteiger partial charge is 0.194 e. The third kappa shape index (κ3) is 6.78. The predicted molar refractivity (Wildman–Crippen MR) is 117 cm³/mol. The van der Waals surface area contributed by atoms with Gasteiger partial charge in [0.05, 0.1) is 13.2 Å². The summed E-state index contributed by atoms with van der Waals surface area (Å²) in [6.07, 6.45) is 3.36. The zero-order chi connectivity index (χ0) is 20.3. The van der Waals surface area contributed by atoms with Gasteiger partial charge in [-0.05, 0) is 38.3 Å². The lowest BCUT2D eigenvalue weighted by atomic mass is 10.1. The summed E-state index contributed by atoms with van der Waals surface area (Å²) in [5.74, 6) is 1.92. The van der Waals surface area contributed by atoms with Gasteiger partial charge in [0, 0.05) is 70.8 Å². The van der Waals surface area contributed by atoms with Crippen LogP contribution in [0.5, 0.6) is 5.75 Å². The minimum absolute atomic E-state index is 0.366. The molecule has 0 unspecified atom stereocenters. The second-order valence-electron chi connectivity index (χ2n) is 7.45. The lowest BCUT2D eigenvalue weighted by Crippen LogP contribution is -2.52. The molecule has 0 radical (unpaired) electrons. The molecule has 29 heavy (non-hydrogen) atoms. The molecule has 2 saturated heterocycles. The van der Waals surface area contributed by atoms with E-state index >= 15 is 0 Å². The molecule has 0 spiro atoms. The highest BCUT2D eigenvalue weighted by Crippen LogP contribution is 2.22. The monoisotopic (exact) mass is 404 g/mol. The normalized spacial score (nSPS) is 18.8. The summed E-state index contributed by atoms with van der Waals surface area (Å²) in [5, 5.41) is 3.45. The van der Waals surface area contributed by atoms with Crippen molar-refractivity contribution in [1.29, 1.82) is 0 Å². The van der Waals surface area contributed by atoms with E-state index in [0.717, 1.165) is 90.1 Å². The minimum Gasteiger partial charge on any atom is -0.497 e. The molecule has 0 amide bonds. The van der Waals surface area contributed by atoms with Crippen LogP contribution >= 0.6 is 0 Å². The van der Waals surface area contributed by atoms with Crippen molar-refractivity contribution >= 4 is 11.6 Å². The van der Waals surface area contributed by atoms with E-state index < -0.39 is 0 Å². The first-order valence-corrected chi connectivity index (χ1v) is 10.9. The molecule has 1 N–H and O–H groups in total. The Kier molecular flexibility index (Phi) is 8.89. The molecule has 0 aromatic heterocycles. The highest BCUT2D eigenvalue weighted by Gasteiger charge is 2.20. The third-order valence-corrected chi connectivity index (χ3v) is 5.42. The van der Waals surface area contributed by atoms with Crippen molar-refractivity contribution < 1.29 is 14.2 Å². The highest BCUT2D eigenvalue weighted by atomic mass is 16.5. The van der Waals surface area contributed by atoms with Crippen molar-refractivity contribution in [3.05, 3.63) is 24.3 Å². The number of nitrogens with zero attached hydrogens (tertiary/aromatic N) is 3. The fourth-order valence-electron chi connectivity index (χ4n) is 3.75. The zero-order valence-corrected chi connectivity index (χ0v) is 17.9. The molecule has 7 heteroatoms. The van der Waals surface area contributed by atoms with Crippen LogP contribution in [0.1, 0.15) is 26.2 Å². The van der Waals surface area contributed by atoms with Crippen molar-refractivity contribution in [2.24, 2.45) is 4.99 Å². The van der Waals surface area contributed by atoms with Gasteiger partial charge in [0.2, 0.25) is 0 Å². The summed E-state index contributed by atoms with van der Waals surface area (Å²) in [6, 6.07) is 8.29. The van der Waals surface area contributed by atoms with Gasteiger partial charge in [-0.3, -0.25) is 4.99 Å². The molecular weight excluding hydrogens is 368 g/mol. The van der Waals surface area contributed by atoms with E-state index in [1.165, 1.54) is 5.69 Å². The van der Waals surface area contributed by atoms with E-state index in [2.05, 4.69) is 40.2 Å². The van der Waals surface area contributed by atoms with E-state index in [0.29, 0.717) is 6.10 Å². The summed E-state index contributed by atoms with van der Waals surface area (Å²) in [4.78, 5) is 9.60. The van der Waals surface area contributed by atoms with Crippen LogP contribution in [0.3, 0.4) is 0 Å². The molecule has 3 rings (SSSR count).